The van der Waals surface area contributed by atoms with E-state index in [2.05, 4.69) is 21.2 Å². The van der Waals surface area contributed by atoms with Gasteiger partial charge in [-0.05, 0) is 46.3 Å². The van der Waals surface area contributed by atoms with Crippen LogP contribution in [0, 0.1) is 17.7 Å². The molecule has 1 amide bonds. The fourth-order valence-electron chi connectivity index (χ4n) is 2.16. The smallest absolute Gasteiger partial charge is 0.303 e. The Kier molecular flexibility index (Phi) is 6.81. The van der Waals surface area contributed by atoms with Crippen LogP contribution < -0.4 is 5.32 Å². The molecule has 1 aromatic carbocycles. The van der Waals surface area contributed by atoms with Crippen molar-refractivity contribution in [2.75, 3.05) is 6.54 Å². The first kappa shape index (κ1) is 17.6. The Morgan fingerprint density at radius 3 is 2.62 bits per heavy atom. The molecule has 0 spiro atoms. The molecule has 0 saturated heterocycles. The normalized spacial score (nSPS) is 12.2. The highest BCUT2D eigenvalue weighted by molar-refractivity contribution is 9.10. The lowest BCUT2D eigenvalue weighted by Gasteiger charge is -2.18. The molecular formula is C15H19BrFNO3. The van der Waals surface area contributed by atoms with Crippen molar-refractivity contribution in [1.82, 2.24) is 5.32 Å². The zero-order valence-electron chi connectivity index (χ0n) is 12.0. The minimum atomic E-state index is -0.887. The maximum absolute atomic E-state index is 13.4. The first-order valence-electron chi connectivity index (χ1n) is 6.75. The molecule has 1 unspecified atom stereocenters. The molecule has 0 fully saturated rings. The molecule has 0 heterocycles. The van der Waals surface area contributed by atoms with E-state index in [4.69, 9.17) is 5.11 Å². The van der Waals surface area contributed by atoms with E-state index >= 15 is 0 Å². The number of carboxylic acids is 1. The predicted octanol–water partition coefficient (Wildman–Crippen LogP) is 3.46. The molecule has 2 N–H and O–H groups in total. The van der Waals surface area contributed by atoms with E-state index in [1.54, 1.807) is 0 Å². The van der Waals surface area contributed by atoms with E-state index < -0.39 is 17.7 Å². The van der Waals surface area contributed by atoms with Crippen molar-refractivity contribution >= 4 is 27.8 Å². The molecule has 1 aromatic rings. The molecule has 1 atom stereocenters. The number of aliphatic carboxylic acids is 1. The zero-order valence-corrected chi connectivity index (χ0v) is 13.6. The van der Waals surface area contributed by atoms with Crippen molar-refractivity contribution in [1.29, 1.82) is 0 Å². The number of amides is 1. The van der Waals surface area contributed by atoms with Crippen molar-refractivity contribution in [3.63, 3.8) is 0 Å². The zero-order chi connectivity index (χ0) is 16.0. The number of hydrogen-bond donors (Lipinski definition) is 2. The Labute approximate surface area is 131 Å². The van der Waals surface area contributed by atoms with Crippen LogP contribution in [0.3, 0.4) is 0 Å². The molecular weight excluding hydrogens is 341 g/mol. The Bertz CT molecular complexity index is 520. The third kappa shape index (κ3) is 5.83. The topological polar surface area (TPSA) is 66.4 Å². The van der Waals surface area contributed by atoms with Crippen LogP contribution in [-0.2, 0) is 4.79 Å². The number of carbonyl (C=O) groups excluding carboxylic acids is 1. The van der Waals surface area contributed by atoms with Gasteiger partial charge in [-0.2, -0.15) is 0 Å². The number of benzene rings is 1. The standard InChI is InChI=1S/C15H19BrFNO3/c1-9(2)6-10(7-13(19)20)8-18-15(21)11-4-3-5-12(17)14(11)16/h3-5,9-10H,6-8H2,1-2H3,(H,18,21)(H,19,20). The lowest BCUT2D eigenvalue weighted by Crippen LogP contribution is -2.31. The molecule has 0 aliphatic heterocycles. The minimum absolute atomic E-state index is 0.00276. The van der Waals surface area contributed by atoms with Crippen molar-refractivity contribution in [2.24, 2.45) is 11.8 Å². The van der Waals surface area contributed by atoms with Gasteiger partial charge in [0.1, 0.15) is 5.82 Å². The summed E-state index contributed by atoms with van der Waals surface area (Å²) in [5.41, 5.74) is 0.202. The Balaban J connectivity index is 2.68. The highest BCUT2D eigenvalue weighted by Gasteiger charge is 2.18. The molecule has 6 heteroatoms. The highest BCUT2D eigenvalue weighted by atomic mass is 79.9. The van der Waals surface area contributed by atoms with Gasteiger partial charge in [0.25, 0.3) is 5.91 Å². The number of carboxylic acid groups (broad SMARTS) is 1. The van der Waals surface area contributed by atoms with Crippen LogP contribution in [0.5, 0.6) is 0 Å². The second-order valence-electron chi connectivity index (χ2n) is 5.40. The van der Waals surface area contributed by atoms with Gasteiger partial charge in [0.05, 0.1) is 10.0 Å². The largest absolute Gasteiger partial charge is 0.481 e. The van der Waals surface area contributed by atoms with E-state index in [1.807, 2.05) is 13.8 Å². The number of rotatable bonds is 7. The summed E-state index contributed by atoms with van der Waals surface area (Å²) in [6.07, 6.45) is 0.708. The van der Waals surface area contributed by atoms with Crippen LogP contribution in [0.2, 0.25) is 0 Å². The van der Waals surface area contributed by atoms with Crippen molar-refractivity contribution < 1.29 is 19.1 Å². The Hall–Kier alpha value is -1.43. The first-order chi connectivity index (χ1) is 9.81. The second kappa shape index (κ2) is 8.12. The Morgan fingerprint density at radius 1 is 1.38 bits per heavy atom. The SMILES string of the molecule is CC(C)CC(CNC(=O)c1cccc(F)c1Br)CC(=O)O. The van der Waals surface area contributed by atoms with Gasteiger partial charge in [0.15, 0.2) is 0 Å². The van der Waals surface area contributed by atoms with Gasteiger partial charge in [0, 0.05) is 13.0 Å². The van der Waals surface area contributed by atoms with Crippen LogP contribution in [0.1, 0.15) is 37.0 Å². The second-order valence-corrected chi connectivity index (χ2v) is 6.20. The lowest BCUT2D eigenvalue weighted by molar-refractivity contribution is -0.138. The fraction of sp³-hybridized carbons (Fsp3) is 0.467. The van der Waals surface area contributed by atoms with Gasteiger partial charge in [-0.1, -0.05) is 19.9 Å². The molecule has 0 bridgehead atoms. The summed E-state index contributed by atoms with van der Waals surface area (Å²) in [6, 6.07) is 4.22. The predicted molar refractivity (Wildman–Crippen MR) is 81.6 cm³/mol. The van der Waals surface area contributed by atoms with E-state index in [0.717, 1.165) is 0 Å². The van der Waals surface area contributed by atoms with E-state index in [-0.39, 0.29) is 28.9 Å². The van der Waals surface area contributed by atoms with Crippen LogP contribution in [0.25, 0.3) is 0 Å². The van der Waals surface area contributed by atoms with E-state index in [0.29, 0.717) is 12.3 Å². The fourth-order valence-corrected chi connectivity index (χ4v) is 2.61. The van der Waals surface area contributed by atoms with Gasteiger partial charge in [-0.15, -0.1) is 0 Å². The molecule has 0 saturated carbocycles. The molecule has 1 rings (SSSR count). The minimum Gasteiger partial charge on any atom is -0.481 e. The number of halogens is 2. The van der Waals surface area contributed by atoms with Crippen molar-refractivity contribution in [3.8, 4) is 0 Å². The molecule has 116 valence electrons. The quantitative estimate of drug-likeness (QED) is 0.783. The molecule has 0 radical (unpaired) electrons. The average Bonchev–Trinajstić information content (AvgIpc) is 2.37. The lowest BCUT2D eigenvalue weighted by atomic mass is 9.94. The van der Waals surface area contributed by atoms with Crippen molar-refractivity contribution in [3.05, 3.63) is 34.1 Å². The van der Waals surface area contributed by atoms with E-state index in [1.165, 1.54) is 18.2 Å². The average molecular weight is 360 g/mol. The molecule has 0 aliphatic rings. The third-order valence-corrected chi connectivity index (χ3v) is 3.82. The number of hydrogen-bond acceptors (Lipinski definition) is 2. The van der Waals surface area contributed by atoms with Gasteiger partial charge in [-0.25, -0.2) is 4.39 Å². The first-order valence-corrected chi connectivity index (χ1v) is 7.54. The van der Waals surface area contributed by atoms with Crippen LogP contribution >= 0.6 is 15.9 Å². The Morgan fingerprint density at radius 2 is 2.05 bits per heavy atom. The molecule has 0 aromatic heterocycles. The summed E-state index contributed by atoms with van der Waals surface area (Å²) in [5.74, 6) is -1.61. The van der Waals surface area contributed by atoms with Gasteiger partial charge >= 0.3 is 5.97 Å². The van der Waals surface area contributed by atoms with Crippen LogP contribution in [0.15, 0.2) is 22.7 Å². The summed E-state index contributed by atoms with van der Waals surface area (Å²) in [5, 5.41) is 11.6. The van der Waals surface area contributed by atoms with Crippen LogP contribution in [0.4, 0.5) is 4.39 Å². The van der Waals surface area contributed by atoms with E-state index in [9.17, 15) is 14.0 Å². The maximum atomic E-state index is 13.4. The van der Waals surface area contributed by atoms with Crippen molar-refractivity contribution in [2.45, 2.75) is 26.7 Å². The summed E-state index contributed by atoms with van der Waals surface area (Å²) < 4.78 is 13.5. The van der Waals surface area contributed by atoms with Gasteiger partial charge in [0.2, 0.25) is 0 Å². The van der Waals surface area contributed by atoms with Gasteiger partial charge < -0.3 is 10.4 Å². The summed E-state index contributed by atoms with van der Waals surface area (Å²) >= 11 is 3.04. The summed E-state index contributed by atoms with van der Waals surface area (Å²) in [7, 11) is 0. The number of nitrogens with one attached hydrogen (secondary N) is 1. The molecule has 0 aliphatic carbocycles. The molecule has 4 nitrogen and oxygen atoms in total. The summed E-state index contributed by atoms with van der Waals surface area (Å²) in [6.45, 7) is 4.26. The monoisotopic (exact) mass is 359 g/mol. The third-order valence-electron chi connectivity index (χ3n) is 3.02. The maximum Gasteiger partial charge on any atom is 0.303 e. The summed E-state index contributed by atoms with van der Waals surface area (Å²) in [4.78, 5) is 22.9. The van der Waals surface area contributed by atoms with Gasteiger partial charge in [-0.3, -0.25) is 9.59 Å². The highest BCUT2D eigenvalue weighted by Crippen LogP contribution is 2.21. The van der Waals surface area contributed by atoms with Crippen LogP contribution in [-0.4, -0.2) is 23.5 Å². The molecule has 21 heavy (non-hydrogen) atoms. The number of carbonyl (C=O) groups is 2.